The maximum atomic E-state index is 13.0. The fraction of sp³-hybridized carbons (Fsp3) is 0.808. The molecule has 0 amide bonds. The van der Waals surface area contributed by atoms with Crippen LogP contribution in [0.4, 0.5) is 0 Å². The number of quaternary nitrogens is 1. The Balaban J connectivity index is 4.06. The van der Waals surface area contributed by atoms with Gasteiger partial charge in [0.1, 0.15) is 13.2 Å². The summed E-state index contributed by atoms with van der Waals surface area (Å²) < 4.78 is 23.0. The first-order valence-electron chi connectivity index (χ1n) is 37.1. The number of rotatable bonds is 69. The molecule has 0 spiro atoms. The van der Waals surface area contributed by atoms with Crippen molar-refractivity contribution in [2.75, 3.05) is 47.5 Å². The molecule has 1 N–H and O–H groups in total. The minimum atomic E-state index is -1.51. The predicted octanol–water partition coefficient (Wildman–Crippen LogP) is 23.3. The molecule has 0 bridgehead atoms. The molecule has 9 nitrogen and oxygen atoms in total. The number of likely N-dealkylation sites (N-methyl/N-ethyl adjacent to an activating group) is 1. The van der Waals surface area contributed by atoms with Crippen LogP contribution < -0.4 is 0 Å². The molecular formula is C78H142NO8+. The number of unbranched alkanes of at least 4 members (excludes halogenated alkanes) is 42. The molecule has 2 unspecified atom stereocenters. The van der Waals surface area contributed by atoms with Crippen molar-refractivity contribution in [3.8, 4) is 0 Å². The van der Waals surface area contributed by atoms with Gasteiger partial charge in [0.25, 0.3) is 6.29 Å². The summed E-state index contributed by atoms with van der Waals surface area (Å²) in [6.07, 6.45) is 88.9. The van der Waals surface area contributed by atoms with E-state index in [1.807, 2.05) is 21.1 Å². The zero-order valence-corrected chi connectivity index (χ0v) is 57.9. The molecule has 9 heteroatoms. The van der Waals surface area contributed by atoms with E-state index in [1.165, 1.54) is 231 Å². The molecule has 0 aromatic rings. The van der Waals surface area contributed by atoms with Crippen molar-refractivity contribution in [2.24, 2.45) is 0 Å². The van der Waals surface area contributed by atoms with Gasteiger partial charge in [0.05, 0.1) is 34.4 Å². The van der Waals surface area contributed by atoms with E-state index in [0.29, 0.717) is 23.9 Å². The van der Waals surface area contributed by atoms with Crippen LogP contribution in [0.2, 0.25) is 0 Å². The Morgan fingerprint density at radius 1 is 0.356 bits per heavy atom. The van der Waals surface area contributed by atoms with Crippen molar-refractivity contribution in [1.82, 2.24) is 0 Å². The van der Waals surface area contributed by atoms with Gasteiger partial charge < -0.3 is 28.5 Å². The summed E-state index contributed by atoms with van der Waals surface area (Å²) in [5, 5.41) is 9.76. The van der Waals surface area contributed by atoms with Gasteiger partial charge in [-0.1, -0.05) is 344 Å². The lowest BCUT2D eigenvalue weighted by Gasteiger charge is -2.25. The molecule has 0 saturated heterocycles. The third-order valence-corrected chi connectivity index (χ3v) is 16.5. The van der Waals surface area contributed by atoms with E-state index < -0.39 is 24.3 Å². The number of nitrogens with zero attached hydrogens (tertiary/aromatic N) is 1. The molecule has 0 heterocycles. The van der Waals surface area contributed by atoms with Crippen molar-refractivity contribution in [3.63, 3.8) is 0 Å². The minimum absolute atomic E-state index is 0.183. The first-order chi connectivity index (χ1) is 42.6. The molecule has 2 atom stereocenters. The van der Waals surface area contributed by atoms with Crippen molar-refractivity contribution >= 4 is 17.9 Å². The van der Waals surface area contributed by atoms with Gasteiger partial charge in [-0.25, -0.2) is 4.79 Å². The Labute approximate surface area is 538 Å². The maximum Gasteiger partial charge on any atom is 0.361 e. The normalized spacial score (nSPS) is 13.1. The molecule has 0 aromatic carbocycles. The number of hydrogen-bond donors (Lipinski definition) is 1. The van der Waals surface area contributed by atoms with E-state index in [2.05, 4.69) is 86.8 Å². The highest BCUT2D eigenvalue weighted by molar-refractivity contribution is 5.71. The van der Waals surface area contributed by atoms with Gasteiger partial charge in [0.15, 0.2) is 6.10 Å². The number of carbonyl (C=O) groups is 3. The van der Waals surface area contributed by atoms with E-state index in [1.54, 1.807) is 0 Å². The van der Waals surface area contributed by atoms with E-state index in [0.717, 1.165) is 83.5 Å². The molecule has 0 saturated carbocycles. The highest BCUT2D eigenvalue weighted by atomic mass is 16.7. The summed E-state index contributed by atoms with van der Waals surface area (Å²) in [5.74, 6) is -1.99. The molecule has 0 aromatic heterocycles. The van der Waals surface area contributed by atoms with E-state index in [9.17, 15) is 19.5 Å². The second-order valence-corrected chi connectivity index (χ2v) is 26.2. The number of carbonyl (C=O) groups excluding carboxylic acids is 2. The van der Waals surface area contributed by atoms with E-state index in [-0.39, 0.29) is 32.2 Å². The number of hydrogen-bond acceptors (Lipinski definition) is 7. The lowest BCUT2D eigenvalue weighted by molar-refractivity contribution is -0.870. The fourth-order valence-electron chi connectivity index (χ4n) is 10.8. The average Bonchev–Trinajstić information content (AvgIpc) is 3.57. The summed E-state index contributed by atoms with van der Waals surface area (Å²) in [7, 11) is 5.98. The predicted molar refractivity (Wildman–Crippen MR) is 373 cm³/mol. The first-order valence-corrected chi connectivity index (χ1v) is 37.1. The van der Waals surface area contributed by atoms with Crippen LogP contribution >= 0.6 is 0 Å². The van der Waals surface area contributed by atoms with Gasteiger partial charge in [-0.2, -0.15) is 0 Å². The Morgan fingerprint density at radius 2 is 0.655 bits per heavy atom. The average molecular weight is 1220 g/mol. The molecule has 0 rings (SSSR count). The first kappa shape index (κ1) is 83.7. The molecular weight excluding hydrogens is 1080 g/mol. The fourth-order valence-corrected chi connectivity index (χ4v) is 10.8. The monoisotopic (exact) mass is 1220 g/mol. The van der Waals surface area contributed by atoms with Crippen LogP contribution in [0.3, 0.4) is 0 Å². The van der Waals surface area contributed by atoms with Crippen LogP contribution in [0.15, 0.2) is 72.9 Å². The molecule has 0 radical (unpaired) electrons. The molecule has 87 heavy (non-hydrogen) atoms. The van der Waals surface area contributed by atoms with Crippen LogP contribution in [0.25, 0.3) is 0 Å². The van der Waals surface area contributed by atoms with Gasteiger partial charge in [0.2, 0.25) is 0 Å². The number of esters is 2. The topological polar surface area (TPSA) is 108 Å². The largest absolute Gasteiger partial charge is 0.477 e. The molecule has 0 aliphatic rings. The Bertz CT molecular complexity index is 1660. The van der Waals surface area contributed by atoms with Crippen molar-refractivity contribution in [1.29, 1.82) is 0 Å². The van der Waals surface area contributed by atoms with Crippen LogP contribution in [0.5, 0.6) is 0 Å². The third-order valence-electron chi connectivity index (χ3n) is 16.5. The minimum Gasteiger partial charge on any atom is -0.477 e. The van der Waals surface area contributed by atoms with Gasteiger partial charge in [-0.15, -0.1) is 0 Å². The number of carboxylic acids is 1. The van der Waals surface area contributed by atoms with Crippen molar-refractivity contribution in [2.45, 2.75) is 360 Å². The second kappa shape index (κ2) is 68.6. The van der Waals surface area contributed by atoms with Crippen LogP contribution in [-0.2, 0) is 33.3 Å². The number of aliphatic carboxylic acids is 1. The molecule has 0 fully saturated rings. The van der Waals surface area contributed by atoms with Crippen LogP contribution in [0.1, 0.15) is 348 Å². The summed E-state index contributed by atoms with van der Waals surface area (Å²) in [4.78, 5) is 37.7. The third kappa shape index (κ3) is 70.1. The van der Waals surface area contributed by atoms with E-state index >= 15 is 0 Å². The Morgan fingerprint density at radius 3 is 0.977 bits per heavy atom. The molecule has 0 aliphatic heterocycles. The summed E-state index contributed by atoms with van der Waals surface area (Å²) in [6, 6.07) is 0. The van der Waals surface area contributed by atoms with Gasteiger partial charge in [-0.05, 0) is 64.2 Å². The molecule has 506 valence electrons. The SMILES string of the molecule is CC/C=C\C/C=C\C/C=C\C/C=C\C/C=C\C/C=C\CCCCCCCCCCCCC(=O)OC(COC(=O)CCCCCCCCCCCCCCCCCCCCCCCCCCCCCCCCCCC)COC(OCC[N+](C)(C)C)C(=O)O. The standard InChI is InChI=1S/C78H141NO8/c1-6-8-10-12-14-16-18-20-22-24-26-28-30-32-34-36-37-38-39-41-42-44-46-48-50-52-54-56-58-60-62-64-66-68-75(80)85-72-74(73-86-78(77(82)83)84-71-70-79(3,4)5)87-76(81)69-67-65-63-61-59-57-55-53-51-49-47-45-43-40-35-33-31-29-27-25-23-21-19-17-15-13-11-9-7-2/h9,11,15,17,21,23,27,29,33,35,43,45,74,78H,6-8,10,12-14,16,18-20,22,24-26,28,30-32,34,36-42,44,46-73H2,1-5H3/p+1/b11-9-,17-15-,23-21-,29-27-,35-33-,45-43-. The van der Waals surface area contributed by atoms with Gasteiger partial charge in [0, 0.05) is 12.8 Å². The van der Waals surface area contributed by atoms with Gasteiger partial charge in [-0.3, -0.25) is 9.59 Å². The quantitative estimate of drug-likeness (QED) is 0.0211. The van der Waals surface area contributed by atoms with Gasteiger partial charge >= 0.3 is 17.9 Å². The van der Waals surface area contributed by atoms with E-state index in [4.69, 9.17) is 18.9 Å². The number of ether oxygens (including phenoxy) is 4. The lowest BCUT2D eigenvalue weighted by Crippen LogP contribution is -2.40. The van der Waals surface area contributed by atoms with Crippen molar-refractivity contribution < 1.29 is 42.9 Å². The Hall–Kier alpha value is -3.27. The second-order valence-electron chi connectivity index (χ2n) is 26.2. The zero-order valence-electron chi connectivity index (χ0n) is 57.9. The summed E-state index contributed by atoms with van der Waals surface area (Å²) >= 11 is 0. The summed E-state index contributed by atoms with van der Waals surface area (Å²) in [5.41, 5.74) is 0. The smallest absolute Gasteiger partial charge is 0.361 e. The molecule has 0 aliphatic carbocycles. The number of allylic oxidation sites excluding steroid dienone is 12. The van der Waals surface area contributed by atoms with Crippen molar-refractivity contribution in [3.05, 3.63) is 72.9 Å². The van der Waals surface area contributed by atoms with Crippen LogP contribution in [-0.4, -0.2) is 87.4 Å². The lowest BCUT2D eigenvalue weighted by atomic mass is 10.0. The zero-order chi connectivity index (χ0) is 63.3. The summed E-state index contributed by atoms with van der Waals surface area (Å²) in [6.45, 7) is 4.81. The van der Waals surface area contributed by atoms with Crippen LogP contribution in [0, 0.1) is 0 Å². The number of carboxylic acid groups (broad SMARTS) is 1. The highest BCUT2D eigenvalue weighted by Crippen LogP contribution is 2.19. The Kier molecular flexibility index (Phi) is 66.1. The maximum absolute atomic E-state index is 13.0. The highest BCUT2D eigenvalue weighted by Gasteiger charge is 2.25.